The molecule has 21 heavy (non-hydrogen) atoms. The molecule has 120 valence electrons. The maximum atomic E-state index is 4.63. The first kappa shape index (κ1) is 16.5. The molecule has 0 bridgehead atoms. The highest BCUT2D eigenvalue weighted by Crippen LogP contribution is 2.21. The van der Waals surface area contributed by atoms with Gasteiger partial charge in [0.25, 0.3) is 0 Å². The van der Waals surface area contributed by atoms with E-state index < -0.39 is 0 Å². The Bertz CT molecular complexity index is 446. The number of likely N-dealkylation sites (tertiary alicyclic amines) is 1. The first-order chi connectivity index (χ1) is 10.0. The molecule has 4 heteroatoms. The Morgan fingerprint density at radius 2 is 1.81 bits per heavy atom. The minimum absolute atomic E-state index is 0.373. The molecule has 2 rings (SSSR count). The van der Waals surface area contributed by atoms with E-state index in [-0.39, 0.29) is 0 Å². The normalized spacial score (nSPS) is 19.7. The summed E-state index contributed by atoms with van der Waals surface area (Å²) in [5.74, 6) is 0. The lowest BCUT2D eigenvalue weighted by molar-refractivity contribution is 0.168. The summed E-state index contributed by atoms with van der Waals surface area (Å²) in [6.45, 7) is 15.6. The maximum Gasteiger partial charge on any atom is 0.0644 e. The molecule has 0 aromatic carbocycles. The van der Waals surface area contributed by atoms with Crippen LogP contribution in [-0.2, 0) is 6.54 Å². The van der Waals surface area contributed by atoms with Crippen molar-refractivity contribution in [3.05, 3.63) is 17.0 Å². The number of nitrogens with one attached hydrogen (secondary N) is 1. The second-order valence-electron chi connectivity index (χ2n) is 6.48. The van der Waals surface area contributed by atoms with Gasteiger partial charge in [0.1, 0.15) is 0 Å². The Balaban J connectivity index is 1.92. The molecule has 1 aromatic heterocycles. The summed E-state index contributed by atoms with van der Waals surface area (Å²) in [6, 6.07) is 0.993. The molecule has 1 fully saturated rings. The fraction of sp³-hybridized carbons (Fsp3) is 0.824. The van der Waals surface area contributed by atoms with Crippen LogP contribution >= 0.6 is 0 Å². The number of piperidine rings is 1. The van der Waals surface area contributed by atoms with Gasteiger partial charge >= 0.3 is 0 Å². The molecular formula is C17H32N4. The number of hydrogen-bond acceptors (Lipinski definition) is 3. The first-order valence-electron chi connectivity index (χ1n) is 8.56. The molecule has 1 aliphatic rings. The van der Waals surface area contributed by atoms with Crippen LogP contribution in [0, 0.1) is 13.8 Å². The van der Waals surface area contributed by atoms with Crippen LogP contribution in [0.25, 0.3) is 0 Å². The quantitative estimate of drug-likeness (QED) is 0.875. The van der Waals surface area contributed by atoms with E-state index in [1.807, 2.05) is 0 Å². The maximum absolute atomic E-state index is 4.63. The SMILES string of the molecule is CCn1nc(C)c(C(C)NCC(C)N2CCCCC2)c1C. The Kier molecular flexibility index (Phi) is 5.82. The summed E-state index contributed by atoms with van der Waals surface area (Å²) in [6.07, 6.45) is 4.13. The van der Waals surface area contributed by atoms with Crippen molar-refractivity contribution in [3.8, 4) is 0 Å². The molecule has 1 N–H and O–H groups in total. The third-order valence-corrected chi connectivity index (χ3v) is 4.90. The van der Waals surface area contributed by atoms with Crippen molar-refractivity contribution in [2.75, 3.05) is 19.6 Å². The minimum atomic E-state index is 0.373. The van der Waals surface area contributed by atoms with Crippen LogP contribution in [0.15, 0.2) is 0 Å². The molecule has 1 aliphatic heterocycles. The van der Waals surface area contributed by atoms with Crippen LogP contribution in [0.4, 0.5) is 0 Å². The van der Waals surface area contributed by atoms with Crippen molar-refractivity contribution in [2.24, 2.45) is 0 Å². The molecular weight excluding hydrogens is 260 g/mol. The van der Waals surface area contributed by atoms with Crippen LogP contribution in [0.2, 0.25) is 0 Å². The molecule has 2 heterocycles. The zero-order chi connectivity index (χ0) is 15.4. The van der Waals surface area contributed by atoms with Gasteiger partial charge in [-0.1, -0.05) is 6.42 Å². The van der Waals surface area contributed by atoms with Crippen molar-refractivity contribution < 1.29 is 0 Å². The summed E-state index contributed by atoms with van der Waals surface area (Å²) in [5.41, 5.74) is 3.85. The Hall–Kier alpha value is -0.870. The Morgan fingerprint density at radius 1 is 1.14 bits per heavy atom. The lowest BCUT2D eigenvalue weighted by Gasteiger charge is -2.33. The highest BCUT2D eigenvalue weighted by Gasteiger charge is 2.20. The van der Waals surface area contributed by atoms with Gasteiger partial charge in [-0.2, -0.15) is 5.10 Å². The van der Waals surface area contributed by atoms with E-state index in [9.17, 15) is 0 Å². The second kappa shape index (κ2) is 7.41. The highest BCUT2D eigenvalue weighted by atomic mass is 15.3. The zero-order valence-corrected chi connectivity index (χ0v) is 14.4. The van der Waals surface area contributed by atoms with Gasteiger partial charge < -0.3 is 5.32 Å². The molecule has 1 saturated heterocycles. The Labute approximate surface area is 129 Å². The van der Waals surface area contributed by atoms with E-state index in [2.05, 4.69) is 54.6 Å². The zero-order valence-electron chi connectivity index (χ0n) is 14.4. The smallest absolute Gasteiger partial charge is 0.0644 e. The fourth-order valence-corrected chi connectivity index (χ4v) is 3.58. The van der Waals surface area contributed by atoms with Crippen LogP contribution in [0.1, 0.15) is 63.0 Å². The van der Waals surface area contributed by atoms with Gasteiger partial charge in [-0.3, -0.25) is 9.58 Å². The average molecular weight is 292 g/mol. The highest BCUT2D eigenvalue weighted by molar-refractivity contribution is 5.27. The van der Waals surface area contributed by atoms with Gasteiger partial charge in [-0.15, -0.1) is 0 Å². The van der Waals surface area contributed by atoms with Gasteiger partial charge in [-0.25, -0.2) is 0 Å². The predicted molar refractivity (Wildman–Crippen MR) is 88.7 cm³/mol. The fourth-order valence-electron chi connectivity index (χ4n) is 3.58. The molecule has 0 saturated carbocycles. The van der Waals surface area contributed by atoms with Crippen LogP contribution < -0.4 is 5.32 Å². The van der Waals surface area contributed by atoms with Crippen molar-refractivity contribution in [1.29, 1.82) is 0 Å². The van der Waals surface area contributed by atoms with Crippen LogP contribution in [-0.4, -0.2) is 40.4 Å². The van der Waals surface area contributed by atoms with Gasteiger partial charge in [0.2, 0.25) is 0 Å². The third kappa shape index (κ3) is 3.86. The number of hydrogen-bond donors (Lipinski definition) is 1. The van der Waals surface area contributed by atoms with Gasteiger partial charge in [-0.05, 0) is 60.5 Å². The standard InChI is InChI=1S/C17H32N4/c1-6-21-16(5)17(15(4)19-21)14(3)18-12-13(2)20-10-8-7-9-11-20/h13-14,18H,6-12H2,1-5H3. The monoisotopic (exact) mass is 292 g/mol. The summed E-state index contributed by atoms with van der Waals surface area (Å²) >= 11 is 0. The minimum Gasteiger partial charge on any atom is -0.309 e. The molecule has 4 nitrogen and oxygen atoms in total. The van der Waals surface area contributed by atoms with E-state index in [4.69, 9.17) is 0 Å². The van der Waals surface area contributed by atoms with Gasteiger partial charge in [0.15, 0.2) is 0 Å². The first-order valence-corrected chi connectivity index (χ1v) is 8.56. The molecule has 0 spiro atoms. The average Bonchev–Trinajstić information content (AvgIpc) is 2.79. The van der Waals surface area contributed by atoms with E-state index in [0.29, 0.717) is 12.1 Å². The molecule has 0 radical (unpaired) electrons. The molecule has 1 aromatic rings. The van der Waals surface area contributed by atoms with E-state index in [1.165, 1.54) is 49.3 Å². The molecule has 2 unspecified atom stereocenters. The summed E-state index contributed by atoms with van der Waals surface area (Å²) in [7, 11) is 0. The van der Waals surface area contributed by atoms with Crippen LogP contribution in [0.3, 0.4) is 0 Å². The van der Waals surface area contributed by atoms with Crippen molar-refractivity contribution in [2.45, 2.75) is 72.5 Å². The van der Waals surface area contributed by atoms with E-state index in [0.717, 1.165) is 13.1 Å². The second-order valence-corrected chi connectivity index (χ2v) is 6.48. The third-order valence-electron chi connectivity index (χ3n) is 4.90. The molecule has 0 aliphatic carbocycles. The largest absolute Gasteiger partial charge is 0.309 e. The topological polar surface area (TPSA) is 33.1 Å². The predicted octanol–water partition coefficient (Wildman–Crippen LogP) is 3.04. The lowest BCUT2D eigenvalue weighted by atomic mass is 10.1. The number of nitrogens with zero attached hydrogens (tertiary/aromatic N) is 3. The Morgan fingerprint density at radius 3 is 2.38 bits per heavy atom. The van der Waals surface area contributed by atoms with Crippen molar-refractivity contribution in [1.82, 2.24) is 20.0 Å². The van der Waals surface area contributed by atoms with Gasteiger partial charge in [0.05, 0.1) is 5.69 Å². The molecule has 2 atom stereocenters. The molecule has 0 amide bonds. The van der Waals surface area contributed by atoms with E-state index in [1.54, 1.807) is 0 Å². The van der Waals surface area contributed by atoms with Crippen molar-refractivity contribution >= 4 is 0 Å². The van der Waals surface area contributed by atoms with Gasteiger partial charge in [0, 0.05) is 36.4 Å². The number of aryl methyl sites for hydroxylation is 2. The summed E-state index contributed by atoms with van der Waals surface area (Å²) in [5, 5.41) is 8.35. The number of aromatic nitrogens is 2. The van der Waals surface area contributed by atoms with Crippen LogP contribution in [0.5, 0.6) is 0 Å². The van der Waals surface area contributed by atoms with E-state index >= 15 is 0 Å². The number of rotatable bonds is 6. The van der Waals surface area contributed by atoms with Crippen molar-refractivity contribution in [3.63, 3.8) is 0 Å². The summed E-state index contributed by atoms with van der Waals surface area (Å²) in [4.78, 5) is 2.62. The lowest BCUT2D eigenvalue weighted by Crippen LogP contribution is -2.43. The summed E-state index contributed by atoms with van der Waals surface area (Å²) < 4.78 is 2.11.